The van der Waals surface area contributed by atoms with Crippen LogP contribution in [0.5, 0.6) is 5.75 Å². The average molecular weight is 439 g/mol. The van der Waals surface area contributed by atoms with Crippen molar-refractivity contribution in [2.75, 3.05) is 12.3 Å². The maximum absolute atomic E-state index is 12.2. The molecule has 0 fully saturated rings. The van der Waals surface area contributed by atoms with Crippen molar-refractivity contribution in [3.63, 3.8) is 0 Å². The molecular weight excluding hydrogens is 408 g/mol. The van der Waals surface area contributed by atoms with E-state index in [0.29, 0.717) is 30.0 Å². The van der Waals surface area contributed by atoms with Crippen LogP contribution in [0.25, 0.3) is 0 Å². The van der Waals surface area contributed by atoms with Crippen LogP contribution in [-0.2, 0) is 24.9 Å². The number of aromatic nitrogens is 3. The molecule has 1 amide bonds. The van der Waals surface area contributed by atoms with Crippen molar-refractivity contribution < 1.29 is 9.53 Å². The normalized spacial score (nSPS) is 11.0. The van der Waals surface area contributed by atoms with Crippen molar-refractivity contribution in [2.45, 2.75) is 44.9 Å². The number of carbonyl (C=O) groups excluding carboxylic acids is 1. The molecular formula is C24H30N4O2S. The number of hydrogen-bond acceptors (Lipinski definition) is 5. The Kier molecular flexibility index (Phi) is 8.12. The molecule has 0 aliphatic rings. The van der Waals surface area contributed by atoms with Crippen LogP contribution in [0.3, 0.4) is 0 Å². The summed E-state index contributed by atoms with van der Waals surface area (Å²) in [5.41, 5.74) is 3.55. The van der Waals surface area contributed by atoms with Crippen LogP contribution >= 0.6 is 11.8 Å². The van der Waals surface area contributed by atoms with Crippen molar-refractivity contribution in [1.82, 2.24) is 20.1 Å². The molecule has 0 atom stereocenters. The van der Waals surface area contributed by atoms with Crippen LogP contribution in [-0.4, -0.2) is 33.0 Å². The minimum Gasteiger partial charge on any atom is -0.485 e. The minimum atomic E-state index is -0.0110. The van der Waals surface area contributed by atoms with Gasteiger partial charge in [0.05, 0.1) is 5.75 Å². The third kappa shape index (κ3) is 6.59. The molecule has 0 aliphatic heterocycles. The van der Waals surface area contributed by atoms with Crippen molar-refractivity contribution in [3.8, 4) is 5.75 Å². The lowest BCUT2D eigenvalue weighted by molar-refractivity contribution is -0.118. The van der Waals surface area contributed by atoms with E-state index in [4.69, 9.17) is 4.74 Å². The lowest BCUT2D eigenvalue weighted by Gasteiger charge is -2.14. The number of hydrogen-bond donors (Lipinski definition) is 1. The smallest absolute Gasteiger partial charge is 0.230 e. The number of nitrogens with zero attached hydrogens (tertiary/aromatic N) is 3. The van der Waals surface area contributed by atoms with Crippen LogP contribution in [0, 0.1) is 6.92 Å². The predicted molar refractivity (Wildman–Crippen MR) is 124 cm³/mol. The maximum Gasteiger partial charge on any atom is 0.230 e. The fourth-order valence-corrected chi connectivity index (χ4v) is 3.91. The van der Waals surface area contributed by atoms with Gasteiger partial charge in [-0.3, -0.25) is 4.79 Å². The number of carbonyl (C=O) groups is 1. The van der Waals surface area contributed by atoms with Gasteiger partial charge in [0.25, 0.3) is 0 Å². The van der Waals surface area contributed by atoms with Gasteiger partial charge in [-0.2, -0.15) is 0 Å². The highest BCUT2D eigenvalue weighted by Crippen LogP contribution is 2.28. The number of amides is 1. The Bertz CT molecular complexity index is 1000. The van der Waals surface area contributed by atoms with Crippen LogP contribution < -0.4 is 10.1 Å². The first-order valence-corrected chi connectivity index (χ1v) is 11.5. The zero-order valence-electron chi connectivity index (χ0n) is 18.6. The summed E-state index contributed by atoms with van der Waals surface area (Å²) < 4.78 is 7.95. The monoisotopic (exact) mass is 438 g/mol. The first-order chi connectivity index (χ1) is 14.9. The molecule has 3 rings (SSSR count). The van der Waals surface area contributed by atoms with Gasteiger partial charge in [0, 0.05) is 13.6 Å². The molecule has 0 bridgehead atoms. The third-order valence-electron chi connectivity index (χ3n) is 4.98. The Morgan fingerprint density at radius 3 is 2.68 bits per heavy atom. The minimum absolute atomic E-state index is 0.0110. The molecule has 0 radical (unpaired) electrons. The van der Waals surface area contributed by atoms with Gasteiger partial charge in [0.15, 0.2) is 11.0 Å². The van der Waals surface area contributed by atoms with Gasteiger partial charge in [-0.05, 0) is 42.0 Å². The predicted octanol–water partition coefficient (Wildman–Crippen LogP) is 4.28. The summed E-state index contributed by atoms with van der Waals surface area (Å²) in [4.78, 5) is 12.2. The lowest BCUT2D eigenvalue weighted by atomic mass is 10.0. The zero-order valence-corrected chi connectivity index (χ0v) is 19.4. The molecule has 1 aromatic heterocycles. The molecule has 164 valence electrons. The van der Waals surface area contributed by atoms with Gasteiger partial charge < -0.3 is 14.6 Å². The molecule has 1 N–H and O–H groups in total. The summed E-state index contributed by atoms with van der Waals surface area (Å²) in [6.45, 7) is 7.31. The molecule has 31 heavy (non-hydrogen) atoms. The second-order valence-corrected chi connectivity index (χ2v) is 8.76. The summed E-state index contributed by atoms with van der Waals surface area (Å²) in [6, 6.07) is 16.4. The van der Waals surface area contributed by atoms with E-state index in [1.807, 2.05) is 29.8 Å². The van der Waals surface area contributed by atoms with E-state index in [0.717, 1.165) is 23.6 Å². The van der Waals surface area contributed by atoms with E-state index in [1.54, 1.807) is 0 Å². The molecule has 1 heterocycles. The van der Waals surface area contributed by atoms with Crippen LogP contribution in [0.15, 0.2) is 53.7 Å². The Hall–Kier alpha value is -2.80. The number of aryl methyl sites for hydroxylation is 1. The second-order valence-electron chi connectivity index (χ2n) is 7.82. The van der Waals surface area contributed by atoms with Gasteiger partial charge in [-0.15, -0.1) is 10.2 Å². The Balaban J connectivity index is 1.49. The molecule has 7 heteroatoms. The lowest BCUT2D eigenvalue weighted by Crippen LogP contribution is -2.27. The molecule has 0 unspecified atom stereocenters. The third-order valence-corrected chi connectivity index (χ3v) is 6.00. The zero-order chi connectivity index (χ0) is 22.2. The fourth-order valence-electron chi connectivity index (χ4n) is 3.15. The molecule has 6 nitrogen and oxygen atoms in total. The summed E-state index contributed by atoms with van der Waals surface area (Å²) in [5.74, 6) is 2.27. The highest BCUT2D eigenvalue weighted by atomic mass is 32.2. The average Bonchev–Trinajstić information content (AvgIpc) is 3.10. The summed E-state index contributed by atoms with van der Waals surface area (Å²) in [7, 11) is 1.90. The standard InChI is InChI=1S/C24H30N4O2S/c1-17(2)20-11-10-18(3)14-21(20)30-15-22-26-27-24(28(22)4)31-16-23(29)25-13-12-19-8-6-5-7-9-19/h5-11,14,17H,12-13,15-16H2,1-4H3,(H,25,29). The first kappa shape index (κ1) is 22.9. The number of ether oxygens (including phenoxy) is 1. The Labute approximate surface area is 188 Å². The maximum atomic E-state index is 12.2. The summed E-state index contributed by atoms with van der Waals surface area (Å²) in [5, 5.41) is 12.1. The van der Waals surface area contributed by atoms with Gasteiger partial charge in [-0.1, -0.05) is 68.1 Å². The van der Waals surface area contributed by atoms with Gasteiger partial charge in [-0.25, -0.2) is 0 Å². The fraction of sp³-hybridized carbons (Fsp3) is 0.375. The number of nitrogens with one attached hydrogen (secondary N) is 1. The Morgan fingerprint density at radius 1 is 1.16 bits per heavy atom. The molecule has 2 aromatic carbocycles. The van der Waals surface area contributed by atoms with Gasteiger partial charge >= 0.3 is 0 Å². The largest absolute Gasteiger partial charge is 0.485 e. The van der Waals surface area contributed by atoms with E-state index in [-0.39, 0.29) is 5.91 Å². The van der Waals surface area contributed by atoms with Gasteiger partial charge in [0.2, 0.25) is 5.91 Å². The van der Waals surface area contributed by atoms with Crippen LogP contribution in [0.2, 0.25) is 0 Å². The van der Waals surface area contributed by atoms with E-state index in [2.05, 4.69) is 66.6 Å². The topological polar surface area (TPSA) is 69.0 Å². The second kappa shape index (κ2) is 11.0. The number of benzene rings is 2. The molecule has 0 aliphatic carbocycles. The molecule has 3 aromatic rings. The summed E-state index contributed by atoms with van der Waals surface area (Å²) >= 11 is 1.38. The first-order valence-electron chi connectivity index (χ1n) is 10.5. The quantitative estimate of drug-likeness (QED) is 0.479. The van der Waals surface area contributed by atoms with Crippen LogP contribution in [0.1, 0.15) is 42.3 Å². The molecule has 0 saturated heterocycles. The molecule has 0 saturated carbocycles. The van der Waals surface area contributed by atoms with Crippen molar-refractivity contribution in [1.29, 1.82) is 0 Å². The van der Waals surface area contributed by atoms with E-state index in [9.17, 15) is 4.79 Å². The van der Waals surface area contributed by atoms with Crippen molar-refractivity contribution >= 4 is 17.7 Å². The Morgan fingerprint density at radius 2 is 1.94 bits per heavy atom. The van der Waals surface area contributed by atoms with Crippen molar-refractivity contribution in [3.05, 3.63) is 71.0 Å². The number of thioether (sulfide) groups is 1. The van der Waals surface area contributed by atoms with Crippen LogP contribution in [0.4, 0.5) is 0 Å². The molecule has 0 spiro atoms. The summed E-state index contributed by atoms with van der Waals surface area (Å²) in [6.07, 6.45) is 0.819. The number of rotatable bonds is 10. The van der Waals surface area contributed by atoms with Crippen molar-refractivity contribution in [2.24, 2.45) is 7.05 Å². The van der Waals surface area contributed by atoms with E-state index >= 15 is 0 Å². The van der Waals surface area contributed by atoms with Gasteiger partial charge in [0.1, 0.15) is 12.4 Å². The van der Waals surface area contributed by atoms with E-state index < -0.39 is 0 Å². The SMILES string of the molecule is Cc1ccc(C(C)C)c(OCc2nnc(SCC(=O)NCCc3ccccc3)n2C)c1. The van der Waals surface area contributed by atoms with E-state index in [1.165, 1.54) is 22.9 Å². The highest BCUT2D eigenvalue weighted by Gasteiger charge is 2.14. The highest BCUT2D eigenvalue weighted by molar-refractivity contribution is 7.99.